The second-order valence-electron chi connectivity index (χ2n) is 11.2. The first kappa shape index (κ1) is 33.2. The number of rotatable bonds is 16. The number of aromatic amines is 1. The standard InChI is InChI=1S/C33H45N5O5S/c1-6-9-10-12-15-25(7-2)32-34-24(5)30-33(40)35-31(36-38(30)32)28-22-27(18-19-29(28)43-8-3)44(41,42)37(21-20-23(4)39)26-16-13-11-14-17-26/h11,13-14,16-19,22-23,25,39H,6-10,12,15,20-21H2,1-5H3,(H,35,36,40). The molecule has 2 heterocycles. The Morgan fingerprint density at radius 2 is 1.80 bits per heavy atom. The topological polar surface area (TPSA) is 130 Å². The fourth-order valence-electron chi connectivity index (χ4n) is 5.46. The number of aromatic nitrogens is 4. The van der Waals surface area contributed by atoms with Gasteiger partial charge in [0.05, 0.1) is 34.6 Å². The van der Waals surface area contributed by atoms with E-state index in [0.717, 1.165) is 37.9 Å². The number of H-pyrrole nitrogens is 1. The lowest BCUT2D eigenvalue weighted by molar-refractivity contribution is 0.187. The molecule has 0 fully saturated rings. The molecule has 238 valence electrons. The fraction of sp³-hybridized carbons (Fsp3) is 0.485. The maximum atomic E-state index is 14.1. The highest BCUT2D eigenvalue weighted by Gasteiger charge is 2.28. The molecule has 0 aliphatic carbocycles. The zero-order chi connectivity index (χ0) is 31.9. The van der Waals surface area contributed by atoms with Crippen LogP contribution in [0.3, 0.4) is 0 Å². The molecular weight excluding hydrogens is 578 g/mol. The SMILES string of the molecule is CCCCCCC(CC)c1nc(C)c2c(=O)[nH]c(-c3cc(S(=O)(=O)N(CCC(C)O)c4ccccc4)ccc3OCC)nn12. The number of fused-ring (bicyclic) bond motifs is 1. The molecule has 0 aliphatic rings. The van der Waals surface area contributed by atoms with Gasteiger partial charge in [0, 0.05) is 12.5 Å². The summed E-state index contributed by atoms with van der Waals surface area (Å²) in [5.74, 6) is 1.45. The molecule has 10 nitrogen and oxygen atoms in total. The minimum Gasteiger partial charge on any atom is -0.493 e. The number of nitrogens with one attached hydrogen (secondary N) is 1. The highest BCUT2D eigenvalue weighted by molar-refractivity contribution is 7.92. The Labute approximate surface area is 260 Å². The Morgan fingerprint density at radius 3 is 2.45 bits per heavy atom. The van der Waals surface area contributed by atoms with Gasteiger partial charge in [0.1, 0.15) is 11.6 Å². The number of aliphatic hydroxyl groups excluding tert-OH is 1. The van der Waals surface area contributed by atoms with Gasteiger partial charge in [-0.2, -0.15) is 0 Å². The van der Waals surface area contributed by atoms with Crippen LogP contribution in [-0.2, 0) is 10.0 Å². The second kappa shape index (κ2) is 14.9. The summed E-state index contributed by atoms with van der Waals surface area (Å²) in [7, 11) is -4.07. The summed E-state index contributed by atoms with van der Waals surface area (Å²) >= 11 is 0. The third kappa shape index (κ3) is 7.32. The molecule has 2 N–H and O–H groups in total. The average Bonchev–Trinajstić information content (AvgIpc) is 3.34. The van der Waals surface area contributed by atoms with Crippen molar-refractivity contribution >= 4 is 21.2 Å². The number of para-hydroxylation sites is 1. The van der Waals surface area contributed by atoms with Gasteiger partial charge in [0.25, 0.3) is 15.6 Å². The Hall–Kier alpha value is -3.70. The Balaban J connectivity index is 1.84. The van der Waals surface area contributed by atoms with Crippen LogP contribution >= 0.6 is 0 Å². The largest absolute Gasteiger partial charge is 0.493 e. The van der Waals surface area contributed by atoms with E-state index in [1.54, 1.807) is 41.8 Å². The smallest absolute Gasteiger partial charge is 0.277 e. The van der Waals surface area contributed by atoms with Crippen LogP contribution in [-0.4, -0.2) is 52.4 Å². The van der Waals surface area contributed by atoms with Crippen molar-refractivity contribution in [3.05, 3.63) is 70.4 Å². The highest BCUT2D eigenvalue weighted by atomic mass is 32.2. The summed E-state index contributed by atoms with van der Waals surface area (Å²) in [6.07, 6.45) is 5.92. The van der Waals surface area contributed by atoms with E-state index in [0.29, 0.717) is 34.8 Å². The average molecular weight is 624 g/mol. The number of ether oxygens (including phenoxy) is 1. The van der Waals surface area contributed by atoms with E-state index in [9.17, 15) is 18.3 Å². The third-order valence-corrected chi connectivity index (χ3v) is 9.68. The highest BCUT2D eigenvalue weighted by Crippen LogP contribution is 2.33. The summed E-state index contributed by atoms with van der Waals surface area (Å²) < 4.78 is 37.0. The van der Waals surface area contributed by atoms with Gasteiger partial charge < -0.3 is 14.8 Å². The first-order valence-electron chi connectivity index (χ1n) is 15.6. The van der Waals surface area contributed by atoms with Gasteiger partial charge in [0.2, 0.25) is 0 Å². The zero-order valence-electron chi connectivity index (χ0n) is 26.4. The number of imidazole rings is 1. The number of aryl methyl sites for hydroxylation is 1. The number of hydrogen-bond donors (Lipinski definition) is 2. The minimum atomic E-state index is -4.07. The molecular formula is C33H45N5O5S. The van der Waals surface area contributed by atoms with Crippen LogP contribution in [0.1, 0.15) is 90.1 Å². The van der Waals surface area contributed by atoms with E-state index in [-0.39, 0.29) is 35.2 Å². The van der Waals surface area contributed by atoms with E-state index in [2.05, 4.69) is 18.8 Å². The van der Waals surface area contributed by atoms with Crippen molar-refractivity contribution in [1.29, 1.82) is 0 Å². The predicted octanol–water partition coefficient (Wildman–Crippen LogP) is 6.22. The number of anilines is 1. The molecule has 0 bridgehead atoms. The van der Waals surface area contributed by atoms with E-state index < -0.39 is 16.1 Å². The molecule has 2 unspecified atom stereocenters. The van der Waals surface area contributed by atoms with Crippen LogP contribution in [0.4, 0.5) is 5.69 Å². The van der Waals surface area contributed by atoms with Gasteiger partial charge >= 0.3 is 0 Å². The second-order valence-corrected chi connectivity index (χ2v) is 13.1. The first-order chi connectivity index (χ1) is 21.1. The van der Waals surface area contributed by atoms with E-state index in [1.165, 1.54) is 22.9 Å². The molecule has 4 rings (SSSR count). The number of aliphatic hydroxyl groups is 1. The number of unbranched alkanes of at least 4 members (excludes halogenated alkanes) is 3. The summed E-state index contributed by atoms with van der Waals surface area (Å²) in [6.45, 7) is 10.00. The normalized spacial score (nSPS) is 13.2. The van der Waals surface area contributed by atoms with Gasteiger partial charge in [0.15, 0.2) is 11.3 Å². The van der Waals surface area contributed by atoms with Crippen LogP contribution in [0, 0.1) is 6.92 Å². The summed E-state index contributed by atoms with van der Waals surface area (Å²) in [4.78, 5) is 21.1. The zero-order valence-corrected chi connectivity index (χ0v) is 27.2. The van der Waals surface area contributed by atoms with Crippen LogP contribution in [0.15, 0.2) is 58.2 Å². The molecule has 2 atom stereocenters. The summed E-state index contributed by atoms with van der Waals surface area (Å²) in [6, 6.07) is 13.4. The lowest BCUT2D eigenvalue weighted by atomic mass is 9.97. The maximum Gasteiger partial charge on any atom is 0.277 e. The van der Waals surface area contributed by atoms with E-state index in [4.69, 9.17) is 14.8 Å². The minimum absolute atomic E-state index is 0.0116. The van der Waals surface area contributed by atoms with Gasteiger partial charge in [-0.15, -0.1) is 5.10 Å². The third-order valence-electron chi connectivity index (χ3n) is 7.85. The van der Waals surface area contributed by atoms with Crippen LogP contribution < -0.4 is 14.6 Å². The summed E-state index contributed by atoms with van der Waals surface area (Å²) in [5, 5.41) is 14.8. The summed E-state index contributed by atoms with van der Waals surface area (Å²) in [5.41, 5.74) is 1.46. The Kier molecular flexibility index (Phi) is 11.2. The van der Waals surface area contributed by atoms with Gasteiger partial charge in [-0.05, 0) is 70.4 Å². The van der Waals surface area contributed by atoms with Crippen molar-refractivity contribution in [3.63, 3.8) is 0 Å². The van der Waals surface area contributed by atoms with Gasteiger partial charge in [-0.1, -0.05) is 57.7 Å². The van der Waals surface area contributed by atoms with Gasteiger partial charge in [-0.3, -0.25) is 9.10 Å². The molecule has 0 saturated heterocycles. The quantitative estimate of drug-likeness (QED) is 0.142. The molecule has 0 radical (unpaired) electrons. The van der Waals surface area contributed by atoms with E-state index in [1.807, 2.05) is 19.9 Å². The predicted molar refractivity (Wildman–Crippen MR) is 174 cm³/mol. The molecule has 44 heavy (non-hydrogen) atoms. The van der Waals surface area contributed by atoms with Crippen molar-refractivity contribution in [2.24, 2.45) is 0 Å². The molecule has 11 heteroatoms. The molecule has 0 amide bonds. The van der Waals surface area contributed by atoms with Crippen LogP contribution in [0.5, 0.6) is 5.75 Å². The van der Waals surface area contributed by atoms with Gasteiger partial charge in [-0.25, -0.2) is 17.9 Å². The first-order valence-corrected chi connectivity index (χ1v) is 17.1. The van der Waals surface area contributed by atoms with Crippen molar-refractivity contribution in [3.8, 4) is 17.1 Å². The van der Waals surface area contributed by atoms with Crippen molar-refractivity contribution < 1.29 is 18.3 Å². The lowest BCUT2D eigenvalue weighted by Crippen LogP contribution is -2.33. The van der Waals surface area contributed by atoms with Crippen LogP contribution in [0.2, 0.25) is 0 Å². The molecule has 2 aromatic heterocycles. The van der Waals surface area contributed by atoms with Crippen molar-refractivity contribution in [2.45, 2.75) is 96.5 Å². The lowest BCUT2D eigenvalue weighted by Gasteiger charge is -2.25. The Bertz CT molecular complexity index is 1700. The number of sulfonamides is 1. The van der Waals surface area contributed by atoms with Crippen molar-refractivity contribution in [2.75, 3.05) is 17.5 Å². The fourth-order valence-corrected chi connectivity index (χ4v) is 6.97. The van der Waals surface area contributed by atoms with E-state index >= 15 is 0 Å². The van der Waals surface area contributed by atoms with Crippen LogP contribution in [0.25, 0.3) is 16.9 Å². The molecule has 4 aromatic rings. The molecule has 0 saturated carbocycles. The Morgan fingerprint density at radius 1 is 1.05 bits per heavy atom. The number of benzene rings is 2. The molecule has 0 spiro atoms. The van der Waals surface area contributed by atoms with Crippen molar-refractivity contribution in [1.82, 2.24) is 19.6 Å². The number of hydrogen-bond acceptors (Lipinski definition) is 7. The number of nitrogens with zero attached hydrogens (tertiary/aromatic N) is 4. The monoisotopic (exact) mass is 623 g/mol. The molecule has 2 aromatic carbocycles. The molecule has 0 aliphatic heterocycles. The maximum absolute atomic E-state index is 14.1.